The topological polar surface area (TPSA) is 63.9 Å². The maximum atomic E-state index is 6.55. The zero-order valence-corrected chi connectivity index (χ0v) is 25.7. The van der Waals surface area contributed by atoms with Gasteiger partial charge in [0.25, 0.3) is 0 Å². The Hall–Kier alpha value is -6.26. The molecule has 0 bridgehead atoms. The zero-order chi connectivity index (χ0) is 31.6. The van der Waals surface area contributed by atoms with Crippen LogP contribution in [0, 0.1) is 0 Å². The molecular formula is C43H31N3O. The number of furan rings is 1. The quantitative estimate of drug-likeness (QED) is 0.151. The molecule has 47 heavy (non-hydrogen) atoms. The summed E-state index contributed by atoms with van der Waals surface area (Å²) in [4.78, 5) is 9.91. The highest BCUT2D eigenvalue weighted by Crippen LogP contribution is 2.41. The molecule has 224 valence electrons. The highest BCUT2D eigenvalue weighted by atomic mass is 16.3. The number of benzene rings is 7. The monoisotopic (exact) mass is 605 g/mol. The van der Waals surface area contributed by atoms with Crippen molar-refractivity contribution in [3.05, 3.63) is 180 Å². The van der Waals surface area contributed by atoms with Gasteiger partial charge in [0.15, 0.2) is 5.84 Å². The van der Waals surface area contributed by atoms with Crippen LogP contribution in [0.4, 0.5) is 0 Å². The van der Waals surface area contributed by atoms with Crippen molar-refractivity contribution in [2.24, 2.45) is 15.7 Å². The minimum absolute atomic E-state index is 0.424. The second kappa shape index (κ2) is 12.3. The number of fused-ring (bicyclic) bond motifs is 4. The van der Waals surface area contributed by atoms with E-state index < -0.39 is 0 Å². The summed E-state index contributed by atoms with van der Waals surface area (Å²) < 4.78 is 6.51. The molecule has 1 heterocycles. The largest absolute Gasteiger partial charge is 0.455 e. The summed E-state index contributed by atoms with van der Waals surface area (Å²) in [6, 6.07) is 56.0. The smallest absolute Gasteiger partial charge is 0.157 e. The second-order valence-electron chi connectivity index (χ2n) is 11.6. The van der Waals surface area contributed by atoms with Gasteiger partial charge in [0.2, 0.25) is 0 Å². The van der Waals surface area contributed by atoms with E-state index in [2.05, 4.69) is 97.1 Å². The third kappa shape index (κ3) is 5.47. The molecule has 0 saturated carbocycles. The zero-order valence-electron chi connectivity index (χ0n) is 25.7. The molecule has 0 unspecified atom stereocenters. The summed E-state index contributed by atoms with van der Waals surface area (Å²) in [5.74, 6) is 1.02. The van der Waals surface area contributed by atoms with Gasteiger partial charge in [-0.25, -0.2) is 4.99 Å². The lowest BCUT2D eigenvalue weighted by atomic mass is 9.93. The fourth-order valence-electron chi connectivity index (χ4n) is 6.27. The van der Waals surface area contributed by atoms with Crippen LogP contribution < -0.4 is 5.73 Å². The molecule has 0 radical (unpaired) electrons. The van der Waals surface area contributed by atoms with Crippen LogP contribution in [0.15, 0.2) is 178 Å². The Morgan fingerprint density at radius 2 is 1.21 bits per heavy atom. The first-order valence-corrected chi connectivity index (χ1v) is 15.7. The highest BCUT2D eigenvalue weighted by Gasteiger charge is 2.17. The van der Waals surface area contributed by atoms with Gasteiger partial charge in [-0.2, -0.15) is 0 Å². The molecule has 0 spiro atoms. The van der Waals surface area contributed by atoms with Crippen molar-refractivity contribution >= 4 is 44.4 Å². The number of amidine groups is 2. The number of nitrogens with two attached hydrogens (primary N) is 1. The van der Waals surface area contributed by atoms with Gasteiger partial charge < -0.3 is 10.2 Å². The average molecular weight is 606 g/mol. The number of para-hydroxylation sites is 1. The van der Waals surface area contributed by atoms with Crippen LogP contribution in [0.1, 0.15) is 16.7 Å². The van der Waals surface area contributed by atoms with E-state index in [-0.39, 0.29) is 0 Å². The molecule has 0 fully saturated rings. The molecule has 4 heteroatoms. The minimum Gasteiger partial charge on any atom is -0.455 e. The Labute approximate surface area is 273 Å². The van der Waals surface area contributed by atoms with E-state index in [0.717, 1.165) is 66.3 Å². The predicted octanol–water partition coefficient (Wildman–Crippen LogP) is 10.4. The van der Waals surface area contributed by atoms with E-state index in [4.69, 9.17) is 20.1 Å². The fourth-order valence-corrected chi connectivity index (χ4v) is 6.27. The molecule has 1 aromatic heterocycles. The summed E-state index contributed by atoms with van der Waals surface area (Å²) in [6.45, 7) is 0.490. The van der Waals surface area contributed by atoms with E-state index in [1.165, 1.54) is 5.39 Å². The Bertz CT molecular complexity index is 2420. The van der Waals surface area contributed by atoms with Crippen LogP contribution in [-0.4, -0.2) is 11.7 Å². The predicted molar refractivity (Wildman–Crippen MR) is 196 cm³/mol. The normalized spacial score (nSPS) is 12.3. The number of aliphatic imine (C=N–C) groups is 2. The van der Waals surface area contributed by atoms with Crippen LogP contribution in [-0.2, 0) is 6.54 Å². The molecule has 2 N–H and O–H groups in total. The van der Waals surface area contributed by atoms with Crippen LogP contribution in [0.3, 0.4) is 0 Å². The minimum atomic E-state index is 0.424. The maximum absolute atomic E-state index is 6.55. The average Bonchev–Trinajstić information content (AvgIpc) is 3.51. The molecule has 0 atom stereocenters. The summed E-state index contributed by atoms with van der Waals surface area (Å²) >= 11 is 0. The standard InChI is InChI=1S/C43H31N3O/c44-42(32-15-5-2-6-16-32)46-43(45-28-29-13-3-1-4-14-29)37-21-10-9-18-34(37)30-23-25-31(26-24-30)40-35-19-8-7-17-33(35)27-38-36-20-11-12-22-39(36)47-41(38)40/h1-27H,28H2,(H2,44,45,46). The second-order valence-corrected chi connectivity index (χ2v) is 11.6. The van der Waals surface area contributed by atoms with E-state index in [1.807, 2.05) is 66.7 Å². The summed E-state index contributed by atoms with van der Waals surface area (Å²) in [6.07, 6.45) is 0. The first-order valence-electron chi connectivity index (χ1n) is 15.7. The van der Waals surface area contributed by atoms with E-state index >= 15 is 0 Å². The van der Waals surface area contributed by atoms with Crippen molar-refractivity contribution in [1.29, 1.82) is 0 Å². The number of hydrogen-bond acceptors (Lipinski definition) is 2. The SMILES string of the molecule is N/C(=N\C(=N/Cc1ccccc1)c1ccccc1-c1ccc(-c2c3ccccc3cc3c2oc2ccccc23)cc1)c1ccccc1. The van der Waals surface area contributed by atoms with Crippen molar-refractivity contribution in [3.63, 3.8) is 0 Å². The molecule has 0 aliphatic rings. The Morgan fingerprint density at radius 3 is 2.02 bits per heavy atom. The lowest BCUT2D eigenvalue weighted by molar-refractivity contribution is 0.670. The first kappa shape index (κ1) is 28.2. The Kier molecular flexibility index (Phi) is 7.37. The molecular weight excluding hydrogens is 574 g/mol. The number of nitrogens with zero attached hydrogens (tertiary/aromatic N) is 2. The molecule has 4 nitrogen and oxygen atoms in total. The third-order valence-electron chi connectivity index (χ3n) is 8.59. The van der Waals surface area contributed by atoms with Gasteiger partial charge in [-0.05, 0) is 45.2 Å². The van der Waals surface area contributed by atoms with Crippen LogP contribution in [0.5, 0.6) is 0 Å². The van der Waals surface area contributed by atoms with Crippen molar-refractivity contribution in [2.45, 2.75) is 6.54 Å². The van der Waals surface area contributed by atoms with Gasteiger partial charge >= 0.3 is 0 Å². The van der Waals surface area contributed by atoms with Crippen molar-refractivity contribution in [3.8, 4) is 22.3 Å². The molecule has 0 amide bonds. The van der Waals surface area contributed by atoms with Gasteiger partial charge in [0.05, 0.1) is 6.54 Å². The van der Waals surface area contributed by atoms with Gasteiger partial charge in [0.1, 0.15) is 17.0 Å². The lowest BCUT2D eigenvalue weighted by Crippen LogP contribution is -2.16. The van der Waals surface area contributed by atoms with E-state index in [0.29, 0.717) is 18.2 Å². The van der Waals surface area contributed by atoms with Gasteiger partial charge in [0, 0.05) is 27.5 Å². The summed E-state index contributed by atoms with van der Waals surface area (Å²) in [5, 5.41) is 4.59. The molecule has 0 saturated heterocycles. The number of hydrogen-bond donors (Lipinski definition) is 1. The van der Waals surface area contributed by atoms with Gasteiger partial charge in [-0.1, -0.05) is 152 Å². The van der Waals surface area contributed by atoms with E-state index in [9.17, 15) is 0 Å². The highest BCUT2D eigenvalue weighted by molar-refractivity contribution is 6.18. The van der Waals surface area contributed by atoms with Crippen LogP contribution in [0.2, 0.25) is 0 Å². The first-order chi connectivity index (χ1) is 23.2. The van der Waals surface area contributed by atoms with Crippen molar-refractivity contribution < 1.29 is 4.42 Å². The van der Waals surface area contributed by atoms with Gasteiger partial charge in [-0.15, -0.1) is 0 Å². The molecule has 0 aliphatic heterocycles. The third-order valence-corrected chi connectivity index (χ3v) is 8.59. The van der Waals surface area contributed by atoms with Crippen molar-refractivity contribution in [1.82, 2.24) is 0 Å². The van der Waals surface area contributed by atoms with Gasteiger partial charge in [-0.3, -0.25) is 4.99 Å². The maximum Gasteiger partial charge on any atom is 0.157 e. The molecule has 7 aromatic carbocycles. The lowest BCUT2D eigenvalue weighted by Gasteiger charge is -2.13. The van der Waals surface area contributed by atoms with Crippen LogP contribution in [0.25, 0.3) is 55.0 Å². The number of rotatable bonds is 6. The summed E-state index contributed by atoms with van der Waals surface area (Å²) in [5.41, 5.74) is 15.5. The summed E-state index contributed by atoms with van der Waals surface area (Å²) in [7, 11) is 0. The molecule has 0 aliphatic carbocycles. The van der Waals surface area contributed by atoms with E-state index in [1.54, 1.807) is 0 Å². The fraction of sp³-hybridized carbons (Fsp3) is 0.0233. The molecule has 8 aromatic rings. The van der Waals surface area contributed by atoms with Crippen LogP contribution >= 0.6 is 0 Å². The molecule has 8 rings (SSSR count). The Balaban J connectivity index is 1.24. The Morgan fingerprint density at radius 1 is 0.574 bits per heavy atom. The van der Waals surface area contributed by atoms with Crippen molar-refractivity contribution in [2.75, 3.05) is 0 Å².